The highest BCUT2D eigenvalue weighted by atomic mass is 16.5. The van der Waals surface area contributed by atoms with Gasteiger partial charge in [-0.3, -0.25) is 4.79 Å². The van der Waals surface area contributed by atoms with Gasteiger partial charge in [-0.25, -0.2) is 0 Å². The van der Waals surface area contributed by atoms with Crippen LogP contribution in [0.1, 0.15) is 37.6 Å². The van der Waals surface area contributed by atoms with E-state index in [1.54, 1.807) is 0 Å². The molecule has 1 N–H and O–H groups in total. The predicted molar refractivity (Wildman–Crippen MR) is 84.6 cm³/mol. The van der Waals surface area contributed by atoms with Crippen molar-refractivity contribution in [1.82, 2.24) is 15.5 Å². The number of aromatic nitrogens is 2. The van der Waals surface area contributed by atoms with Crippen LogP contribution in [0.4, 0.5) is 0 Å². The predicted octanol–water partition coefficient (Wildman–Crippen LogP) is 2.51. The largest absolute Gasteiger partial charge is 0.381 e. The zero-order valence-electron chi connectivity index (χ0n) is 13.4. The third kappa shape index (κ3) is 3.76. The molecule has 23 heavy (non-hydrogen) atoms. The minimum atomic E-state index is -0.00865. The van der Waals surface area contributed by atoms with E-state index in [4.69, 9.17) is 9.26 Å². The molecule has 3 rings (SSSR count). The van der Waals surface area contributed by atoms with Crippen LogP contribution < -0.4 is 5.32 Å². The lowest BCUT2D eigenvalue weighted by atomic mass is 10.1. The van der Waals surface area contributed by atoms with E-state index in [9.17, 15) is 4.79 Å². The molecule has 0 bridgehead atoms. The Balaban J connectivity index is 1.64. The summed E-state index contributed by atoms with van der Waals surface area (Å²) in [5.41, 5.74) is 1.91. The van der Waals surface area contributed by atoms with Crippen molar-refractivity contribution >= 4 is 5.91 Å². The van der Waals surface area contributed by atoms with Gasteiger partial charge in [0.15, 0.2) is 5.82 Å². The van der Waals surface area contributed by atoms with Crippen molar-refractivity contribution in [1.29, 1.82) is 0 Å². The minimum absolute atomic E-state index is 0.00865. The molecule has 1 atom stereocenters. The van der Waals surface area contributed by atoms with Gasteiger partial charge < -0.3 is 14.6 Å². The molecule has 1 fully saturated rings. The first-order valence-electron chi connectivity index (χ1n) is 7.92. The average Bonchev–Trinajstić information content (AvgIpc) is 3.23. The van der Waals surface area contributed by atoms with E-state index < -0.39 is 0 Å². The number of nitrogens with one attached hydrogen (secondary N) is 1. The fraction of sp³-hybridized carbons (Fsp3) is 0.471. The van der Waals surface area contributed by atoms with Gasteiger partial charge in [-0.15, -0.1) is 0 Å². The maximum atomic E-state index is 11.6. The summed E-state index contributed by atoms with van der Waals surface area (Å²) in [4.78, 5) is 16.0. The van der Waals surface area contributed by atoms with E-state index in [1.165, 1.54) is 0 Å². The van der Waals surface area contributed by atoms with Gasteiger partial charge in [-0.05, 0) is 24.1 Å². The molecule has 0 saturated carbocycles. The van der Waals surface area contributed by atoms with Crippen LogP contribution in [-0.4, -0.2) is 29.3 Å². The lowest BCUT2D eigenvalue weighted by Crippen LogP contribution is -2.27. The summed E-state index contributed by atoms with van der Waals surface area (Å²) in [6.07, 6.45) is 0.938. The first kappa shape index (κ1) is 15.7. The Hall–Kier alpha value is -2.21. The van der Waals surface area contributed by atoms with Crippen LogP contribution in [0.2, 0.25) is 0 Å². The molecule has 2 heterocycles. The summed E-state index contributed by atoms with van der Waals surface area (Å²) in [5.74, 6) is 1.51. The minimum Gasteiger partial charge on any atom is -0.381 e. The molecule has 2 aromatic rings. The molecule has 122 valence electrons. The second-order valence-corrected chi connectivity index (χ2v) is 6.09. The van der Waals surface area contributed by atoms with E-state index >= 15 is 0 Å². The topological polar surface area (TPSA) is 77.2 Å². The average molecular weight is 315 g/mol. The SMILES string of the molecule is CC(C)C(=O)NCc1ccc(-c2nc(C3CCOC3)no2)cc1. The molecule has 0 spiro atoms. The number of hydrogen-bond donors (Lipinski definition) is 1. The monoisotopic (exact) mass is 315 g/mol. The Morgan fingerprint density at radius 3 is 2.78 bits per heavy atom. The molecule has 1 unspecified atom stereocenters. The highest BCUT2D eigenvalue weighted by Gasteiger charge is 2.23. The molecule has 1 aliphatic rings. The standard InChI is InChI=1S/C17H21N3O3/c1-11(2)16(21)18-9-12-3-5-13(6-4-12)17-19-15(20-23-17)14-7-8-22-10-14/h3-6,11,14H,7-10H2,1-2H3,(H,18,21). The van der Waals surface area contributed by atoms with Crippen LogP contribution in [0.3, 0.4) is 0 Å². The Morgan fingerprint density at radius 2 is 2.13 bits per heavy atom. The summed E-state index contributed by atoms with van der Waals surface area (Å²) in [6.45, 7) is 5.69. The molecule has 0 aliphatic carbocycles. The van der Waals surface area contributed by atoms with Gasteiger partial charge >= 0.3 is 0 Å². The summed E-state index contributed by atoms with van der Waals surface area (Å²) < 4.78 is 10.7. The number of hydrogen-bond acceptors (Lipinski definition) is 5. The lowest BCUT2D eigenvalue weighted by Gasteiger charge is -2.07. The van der Waals surface area contributed by atoms with E-state index in [2.05, 4.69) is 15.5 Å². The highest BCUT2D eigenvalue weighted by Crippen LogP contribution is 2.25. The molecule has 6 heteroatoms. The van der Waals surface area contributed by atoms with Crippen LogP contribution in [0.25, 0.3) is 11.5 Å². The zero-order chi connectivity index (χ0) is 16.2. The molecular formula is C17H21N3O3. The van der Waals surface area contributed by atoms with E-state index in [0.717, 1.165) is 24.2 Å². The number of amides is 1. The molecule has 1 saturated heterocycles. The number of nitrogens with zero attached hydrogens (tertiary/aromatic N) is 2. The second kappa shape index (κ2) is 6.91. The van der Waals surface area contributed by atoms with E-state index in [-0.39, 0.29) is 17.7 Å². The number of carbonyl (C=O) groups is 1. The van der Waals surface area contributed by atoms with Gasteiger partial charge in [0, 0.05) is 30.6 Å². The first-order chi connectivity index (χ1) is 11.1. The Morgan fingerprint density at radius 1 is 1.35 bits per heavy atom. The van der Waals surface area contributed by atoms with E-state index in [0.29, 0.717) is 24.9 Å². The van der Waals surface area contributed by atoms with Gasteiger partial charge in [0.1, 0.15) is 0 Å². The summed E-state index contributed by atoms with van der Waals surface area (Å²) in [5, 5.41) is 6.95. The third-order valence-electron chi connectivity index (χ3n) is 3.93. The van der Waals surface area contributed by atoms with Crippen LogP contribution in [0, 0.1) is 5.92 Å². The number of benzene rings is 1. The Kier molecular flexibility index (Phi) is 4.71. The van der Waals surface area contributed by atoms with Gasteiger partial charge in [-0.1, -0.05) is 31.1 Å². The number of ether oxygens (including phenoxy) is 1. The highest BCUT2D eigenvalue weighted by molar-refractivity contribution is 5.77. The van der Waals surface area contributed by atoms with Crippen LogP contribution in [0.15, 0.2) is 28.8 Å². The summed E-state index contributed by atoms with van der Waals surface area (Å²) >= 11 is 0. The van der Waals surface area contributed by atoms with Gasteiger partial charge in [-0.2, -0.15) is 4.98 Å². The molecule has 1 aromatic heterocycles. The first-order valence-corrected chi connectivity index (χ1v) is 7.92. The third-order valence-corrected chi connectivity index (χ3v) is 3.93. The van der Waals surface area contributed by atoms with Crippen LogP contribution in [-0.2, 0) is 16.1 Å². The van der Waals surface area contributed by atoms with Crippen LogP contribution in [0.5, 0.6) is 0 Å². The number of carbonyl (C=O) groups excluding carboxylic acids is 1. The van der Waals surface area contributed by atoms with E-state index in [1.807, 2.05) is 38.1 Å². The Labute approximate surface area is 135 Å². The zero-order valence-corrected chi connectivity index (χ0v) is 13.4. The molecule has 1 aliphatic heterocycles. The molecular weight excluding hydrogens is 294 g/mol. The van der Waals surface area contributed by atoms with Crippen molar-refractivity contribution in [2.75, 3.05) is 13.2 Å². The normalized spacial score (nSPS) is 17.6. The smallest absolute Gasteiger partial charge is 0.257 e. The van der Waals surface area contributed by atoms with Crippen molar-refractivity contribution in [3.05, 3.63) is 35.7 Å². The van der Waals surface area contributed by atoms with Crippen molar-refractivity contribution in [2.45, 2.75) is 32.7 Å². The van der Waals surface area contributed by atoms with Crippen molar-refractivity contribution in [2.24, 2.45) is 5.92 Å². The second-order valence-electron chi connectivity index (χ2n) is 6.09. The molecule has 1 aromatic carbocycles. The quantitative estimate of drug-likeness (QED) is 0.917. The van der Waals surface area contributed by atoms with Gasteiger partial charge in [0.05, 0.1) is 6.61 Å². The molecule has 1 amide bonds. The van der Waals surface area contributed by atoms with Crippen molar-refractivity contribution < 1.29 is 14.1 Å². The van der Waals surface area contributed by atoms with Crippen molar-refractivity contribution in [3.63, 3.8) is 0 Å². The molecule has 6 nitrogen and oxygen atoms in total. The maximum Gasteiger partial charge on any atom is 0.257 e. The number of rotatable bonds is 5. The summed E-state index contributed by atoms with van der Waals surface area (Å²) in [6, 6.07) is 7.77. The molecule has 0 radical (unpaired) electrons. The fourth-order valence-electron chi connectivity index (χ4n) is 2.41. The van der Waals surface area contributed by atoms with Gasteiger partial charge in [0.25, 0.3) is 5.89 Å². The fourth-order valence-corrected chi connectivity index (χ4v) is 2.41. The Bertz CT molecular complexity index is 658. The van der Waals surface area contributed by atoms with Gasteiger partial charge in [0.2, 0.25) is 5.91 Å². The summed E-state index contributed by atoms with van der Waals surface area (Å²) in [7, 11) is 0. The van der Waals surface area contributed by atoms with Crippen LogP contribution >= 0.6 is 0 Å². The van der Waals surface area contributed by atoms with Crippen molar-refractivity contribution in [3.8, 4) is 11.5 Å². The maximum absolute atomic E-state index is 11.6. The lowest BCUT2D eigenvalue weighted by molar-refractivity contribution is -0.124.